The smallest absolute Gasteiger partial charge is 0.251 e. The minimum Gasteiger partial charge on any atom is -0.366 e. The highest BCUT2D eigenvalue weighted by Gasteiger charge is 2.13. The molecule has 0 aliphatic heterocycles. The third kappa shape index (κ3) is 3.92. The van der Waals surface area contributed by atoms with Gasteiger partial charge in [0.1, 0.15) is 5.00 Å². The minimum absolute atomic E-state index is 0.0696. The third-order valence-corrected chi connectivity index (χ3v) is 4.86. The van der Waals surface area contributed by atoms with Crippen molar-refractivity contribution in [2.45, 2.75) is 11.3 Å². The number of nitrogens with one attached hydrogen (secondary N) is 1. The molecule has 8 heteroatoms. The van der Waals surface area contributed by atoms with Crippen molar-refractivity contribution in [3.05, 3.63) is 46.8 Å². The summed E-state index contributed by atoms with van der Waals surface area (Å²) < 4.78 is 22.7. The number of carbonyl (C=O) groups is 2. The number of primary amides is 1. The van der Waals surface area contributed by atoms with Crippen LogP contribution >= 0.6 is 11.3 Å². The molecule has 1 aromatic carbocycles. The lowest BCUT2D eigenvalue weighted by molar-refractivity contribution is -0.115. The molecule has 0 radical (unpaired) electrons. The van der Waals surface area contributed by atoms with Crippen LogP contribution in [0.2, 0.25) is 0 Å². The van der Waals surface area contributed by atoms with Crippen molar-refractivity contribution in [3.63, 3.8) is 0 Å². The molecule has 0 aliphatic carbocycles. The quantitative estimate of drug-likeness (QED) is 0.860. The summed E-state index contributed by atoms with van der Waals surface area (Å²) in [6.45, 7) is 0. The van der Waals surface area contributed by atoms with Crippen LogP contribution in [0.1, 0.15) is 15.9 Å². The predicted molar refractivity (Wildman–Crippen MR) is 84.7 cm³/mol. The van der Waals surface area contributed by atoms with E-state index < -0.39 is 15.7 Å². The van der Waals surface area contributed by atoms with Crippen LogP contribution in [0, 0.1) is 0 Å². The Balaban J connectivity index is 2.06. The highest BCUT2D eigenvalue weighted by Crippen LogP contribution is 2.23. The Labute approximate surface area is 131 Å². The largest absolute Gasteiger partial charge is 0.366 e. The van der Waals surface area contributed by atoms with E-state index in [0.29, 0.717) is 10.6 Å². The Bertz CT molecular complexity index is 808. The highest BCUT2D eigenvalue weighted by molar-refractivity contribution is 7.90. The van der Waals surface area contributed by atoms with Crippen LogP contribution in [-0.2, 0) is 21.1 Å². The van der Waals surface area contributed by atoms with Crippen molar-refractivity contribution in [2.75, 3.05) is 11.6 Å². The van der Waals surface area contributed by atoms with Gasteiger partial charge >= 0.3 is 0 Å². The Morgan fingerprint density at radius 3 is 2.36 bits per heavy atom. The van der Waals surface area contributed by atoms with Gasteiger partial charge in [0.25, 0.3) is 5.91 Å². The van der Waals surface area contributed by atoms with E-state index in [2.05, 4.69) is 5.32 Å². The maximum atomic E-state index is 12.0. The molecule has 0 atom stereocenters. The van der Waals surface area contributed by atoms with E-state index in [-0.39, 0.29) is 22.8 Å². The normalized spacial score (nSPS) is 11.1. The average Bonchev–Trinajstić information content (AvgIpc) is 2.86. The number of nitrogens with two attached hydrogens (primary N) is 1. The van der Waals surface area contributed by atoms with Gasteiger partial charge in [0.15, 0.2) is 9.84 Å². The molecule has 0 unspecified atom stereocenters. The highest BCUT2D eigenvalue weighted by atomic mass is 32.2. The number of hydrogen-bond acceptors (Lipinski definition) is 5. The van der Waals surface area contributed by atoms with E-state index in [1.807, 2.05) is 0 Å². The first-order valence-corrected chi connectivity index (χ1v) is 9.00. The van der Waals surface area contributed by atoms with Gasteiger partial charge in [-0.3, -0.25) is 9.59 Å². The number of anilines is 1. The molecule has 0 bridgehead atoms. The molecule has 116 valence electrons. The molecule has 2 amide bonds. The predicted octanol–water partition coefficient (Wildman–Crippen LogP) is 1.43. The number of hydrogen-bond donors (Lipinski definition) is 2. The Kier molecular flexibility index (Phi) is 4.62. The minimum atomic E-state index is -3.25. The first kappa shape index (κ1) is 16.2. The molecule has 1 aromatic heterocycles. The van der Waals surface area contributed by atoms with Crippen molar-refractivity contribution in [3.8, 4) is 0 Å². The number of thiophene rings is 1. The molecular weight excluding hydrogens is 324 g/mol. The summed E-state index contributed by atoms with van der Waals surface area (Å²) in [5.41, 5.74) is 6.14. The van der Waals surface area contributed by atoms with E-state index in [1.165, 1.54) is 23.5 Å². The molecular formula is C14H14N2O4S2. The summed E-state index contributed by atoms with van der Waals surface area (Å²) in [6, 6.07) is 7.62. The van der Waals surface area contributed by atoms with Gasteiger partial charge in [-0.15, -0.1) is 11.3 Å². The first-order chi connectivity index (χ1) is 10.3. The van der Waals surface area contributed by atoms with Crippen LogP contribution in [0.4, 0.5) is 5.00 Å². The monoisotopic (exact) mass is 338 g/mol. The molecule has 2 rings (SSSR count). The summed E-state index contributed by atoms with van der Waals surface area (Å²) in [5, 5.41) is 4.70. The van der Waals surface area contributed by atoms with Crippen LogP contribution in [0.25, 0.3) is 0 Å². The van der Waals surface area contributed by atoms with E-state index in [4.69, 9.17) is 5.73 Å². The topological polar surface area (TPSA) is 106 Å². The second-order valence-electron chi connectivity index (χ2n) is 4.67. The second-order valence-corrected chi connectivity index (χ2v) is 7.60. The van der Waals surface area contributed by atoms with Crippen LogP contribution < -0.4 is 11.1 Å². The van der Waals surface area contributed by atoms with Gasteiger partial charge < -0.3 is 11.1 Å². The molecule has 0 aliphatic rings. The summed E-state index contributed by atoms with van der Waals surface area (Å²) in [5.74, 6) is -0.911. The zero-order chi connectivity index (χ0) is 16.3. The van der Waals surface area contributed by atoms with Crippen molar-refractivity contribution in [2.24, 2.45) is 5.73 Å². The van der Waals surface area contributed by atoms with Crippen molar-refractivity contribution in [1.82, 2.24) is 0 Å². The molecule has 0 spiro atoms. The van der Waals surface area contributed by atoms with Gasteiger partial charge in [-0.2, -0.15) is 0 Å². The van der Waals surface area contributed by atoms with Crippen molar-refractivity contribution < 1.29 is 18.0 Å². The van der Waals surface area contributed by atoms with Crippen molar-refractivity contribution >= 4 is 38.0 Å². The van der Waals surface area contributed by atoms with E-state index in [9.17, 15) is 18.0 Å². The summed E-state index contributed by atoms with van der Waals surface area (Å²) in [7, 11) is -3.25. The summed E-state index contributed by atoms with van der Waals surface area (Å²) in [4.78, 5) is 23.3. The molecule has 0 saturated heterocycles. The van der Waals surface area contributed by atoms with Gasteiger partial charge in [-0.05, 0) is 29.1 Å². The van der Waals surface area contributed by atoms with Gasteiger partial charge in [-0.1, -0.05) is 12.1 Å². The maximum absolute atomic E-state index is 12.0. The number of rotatable bonds is 5. The SMILES string of the molecule is CS(=O)(=O)c1ccc(CC(=O)Nc2sccc2C(N)=O)cc1. The Hall–Kier alpha value is -2.19. The van der Waals surface area contributed by atoms with Crippen LogP contribution in [0.3, 0.4) is 0 Å². The Morgan fingerprint density at radius 2 is 1.82 bits per heavy atom. The standard InChI is InChI=1S/C14H14N2O4S2/c1-22(19,20)10-4-2-9(3-5-10)8-12(17)16-14-11(13(15)18)6-7-21-14/h2-7H,8H2,1H3,(H2,15,18)(H,16,17). The van der Waals surface area contributed by atoms with Crippen molar-refractivity contribution in [1.29, 1.82) is 0 Å². The van der Waals surface area contributed by atoms with Crippen LogP contribution in [0.15, 0.2) is 40.6 Å². The number of amides is 2. The second kappa shape index (κ2) is 6.29. The number of sulfone groups is 1. The maximum Gasteiger partial charge on any atom is 0.251 e. The van der Waals surface area contributed by atoms with E-state index in [0.717, 1.165) is 6.26 Å². The summed E-state index contributed by atoms with van der Waals surface area (Å²) in [6.07, 6.45) is 1.19. The van der Waals surface area contributed by atoms with Gasteiger partial charge in [-0.25, -0.2) is 8.42 Å². The summed E-state index contributed by atoms with van der Waals surface area (Å²) >= 11 is 1.21. The third-order valence-electron chi connectivity index (χ3n) is 2.90. The number of carbonyl (C=O) groups excluding carboxylic acids is 2. The molecule has 1 heterocycles. The Morgan fingerprint density at radius 1 is 1.18 bits per heavy atom. The lowest BCUT2D eigenvalue weighted by atomic mass is 10.1. The molecule has 0 fully saturated rings. The van der Waals surface area contributed by atoms with Gasteiger partial charge in [0, 0.05) is 6.26 Å². The fourth-order valence-corrected chi connectivity index (χ4v) is 3.25. The number of benzene rings is 1. The van der Waals surface area contributed by atoms with Crippen LogP contribution in [-0.4, -0.2) is 26.5 Å². The lowest BCUT2D eigenvalue weighted by Crippen LogP contribution is -2.17. The molecule has 2 aromatic rings. The van der Waals surface area contributed by atoms with Gasteiger partial charge in [0.2, 0.25) is 5.91 Å². The molecule has 0 saturated carbocycles. The molecule has 6 nitrogen and oxygen atoms in total. The average molecular weight is 338 g/mol. The lowest BCUT2D eigenvalue weighted by Gasteiger charge is -2.05. The van der Waals surface area contributed by atoms with E-state index >= 15 is 0 Å². The van der Waals surface area contributed by atoms with Gasteiger partial charge in [0.05, 0.1) is 16.9 Å². The fraction of sp³-hybridized carbons (Fsp3) is 0.143. The first-order valence-electron chi connectivity index (χ1n) is 6.23. The molecule has 22 heavy (non-hydrogen) atoms. The van der Waals surface area contributed by atoms with E-state index in [1.54, 1.807) is 23.6 Å². The zero-order valence-corrected chi connectivity index (χ0v) is 13.3. The fourth-order valence-electron chi connectivity index (χ4n) is 1.81. The zero-order valence-electron chi connectivity index (χ0n) is 11.7. The van der Waals surface area contributed by atoms with Crippen LogP contribution in [0.5, 0.6) is 0 Å². The molecule has 3 N–H and O–H groups in total.